The Kier molecular flexibility index (Phi) is 9.63. The molecular weight excluding hydrogens is 558 g/mol. The minimum Gasteiger partial charge on any atom is -0.472 e. The first-order valence-corrected chi connectivity index (χ1v) is 14.7. The largest absolute Gasteiger partial charge is 0.472 e. The summed E-state index contributed by atoms with van der Waals surface area (Å²) < 4.78 is 44.1. The lowest BCUT2D eigenvalue weighted by Crippen LogP contribution is -2.59. The van der Waals surface area contributed by atoms with Crippen LogP contribution in [0.4, 0.5) is 19.4 Å². The fraction of sp³-hybridized carbons (Fsp3) is 0.714. The van der Waals surface area contributed by atoms with Crippen molar-refractivity contribution in [1.82, 2.24) is 24.8 Å². The summed E-state index contributed by atoms with van der Waals surface area (Å²) in [4.78, 5) is 31.1. The summed E-state index contributed by atoms with van der Waals surface area (Å²) in [5, 5.41) is -0.00979. The number of aromatic nitrogens is 3. The number of fused-ring (bicyclic) bond motifs is 3. The van der Waals surface area contributed by atoms with E-state index >= 15 is 0 Å². The van der Waals surface area contributed by atoms with Crippen molar-refractivity contribution in [3.8, 4) is 11.9 Å². The number of piperazine rings is 1. The van der Waals surface area contributed by atoms with Crippen LogP contribution in [0.25, 0.3) is 10.9 Å². The Morgan fingerprint density at radius 2 is 1.85 bits per heavy atom. The molecule has 0 bridgehead atoms. The van der Waals surface area contributed by atoms with Gasteiger partial charge in [-0.1, -0.05) is 25.4 Å². The molecular formula is C28H41ClF2N6O4. The molecule has 0 radical (unpaired) electrons. The van der Waals surface area contributed by atoms with Crippen LogP contribution in [0.1, 0.15) is 60.8 Å². The summed E-state index contributed by atoms with van der Waals surface area (Å²) >= 11 is 5.97. The van der Waals surface area contributed by atoms with Crippen molar-refractivity contribution in [1.29, 1.82) is 0 Å². The molecule has 0 aromatic carbocycles. The van der Waals surface area contributed by atoms with E-state index < -0.39 is 29.8 Å². The van der Waals surface area contributed by atoms with Crippen molar-refractivity contribution >= 4 is 34.4 Å². The number of amides is 1. The van der Waals surface area contributed by atoms with Crippen LogP contribution in [0.2, 0.25) is 5.15 Å². The van der Waals surface area contributed by atoms with Gasteiger partial charge < -0.3 is 24.0 Å². The Labute approximate surface area is 245 Å². The van der Waals surface area contributed by atoms with E-state index in [4.69, 9.17) is 25.8 Å². The summed E-state index contributed by atoms with van der Waals surface area (Å²) in [5.41, 5.74) is -0.616. The predicted octanol–water partition coefficient (Wildman–Crippen LogP) is 5.25. The highest BCUT2D eigenvalue weighted by atomic mass is 35.5. The maximum absolute atomic E-state index is 14.7. The molecule has 4 atom stereocenters. The fourth-order valence-electron chi connectivity index (χ4n) is 5.71. The molecule has 10 nitrogen and oxygen atoms in total. The molecule has 3 fully saturated rings. The number of carbonyl (C=O) groups is 1. The number of methoxy groups -OCH3 is 1. The van der Waals surface area contributed by atoms with Crippen molar-refractivity contribution in [2.75, 3.05) is 44.7 Å². The minimum absolute atomic E-state index is 0.00694. The number of pyridine rings is 1. The molecule has 4 aliphatic rings. The van der Waals surface area contributed by atoms with Crippen molar-refractivity contribution in [2.45, 2.75) is 90.8 Å². The first-order chi connectivity index (χ1) is 19.4. The number of hydrogen-bond donors (Lipinski definition) is 0. The van der Waals surface area contributed by atoms with Crippen LogP contribution in [0, 0.1) is 5.82 Å². The summed E-state index contributed by atoms with van der Waals surface area (Å²) in [5.74, 6) is -0.174. The van der Waals surface area contributed by atoms with Gasteiger partial charge in [-0.25, -0.2) is 13.6 Å². The summed E-state index contributed by atoms with van der Waals surface area (Å²) in [6.07, 6.45) is 2.02. The van der Waals surface area contributed by atoms with Gasteiger partial charge >= 0.3 is 12.1 Å². The zero-order valence-corrected chi connectivity index (χ0v) is 25.7. The average molecular weight is 599 g/mol. The summed E-state index contributed by atoms with van der Waals surface area (Å²) in [7, 11) is 1.41. The SMILES string of the molecule is CC.COc1nc2c3c(nc(Cl)c(F)c3n1)OC(C)C1CN(C(=O)OC(C)(C)C)CCN21.FC1CC2CCCN2C1. The predicted molar refractivity (Wildman–Crippen MR) is 153 cm³/mol. The van der Waals surface area contributed by atoms with Crippen molar-refractivity contribution in [3.05, 3.63) is 11.0 Å². The fourth-order valence-corrected chi connectivity index (χ4v) is 5.88. The third-order valence-electron chi connectivity index (χ3n) is 7.50. The van der Waals surface area contributed by atoms with E-state index in [1.807, 2.05) is 46.4 Å². The lowest BCUT2D eigenvalue weighted by atomic mass is 10.1. The molecule has 2 aromatic heterocycles. The van der Waals surface area contributed by atoms with Crippen LogP contribution in [-0.4, -0.2) is 101 Å². The summed E-state index contributed by atoms with van der Waals surface area (Å²) in [6.45, 7) is 14.4. The molecule has 41 heavy (non-hydrogen) atoms. The van der Waals surface area contributed by atoms with Gasteiger partial charge in [0.1, 0.15) is 34.6 Å². The van der Waals surface area contributed by atoms with Crippen molar-refractivity contribution in [2.24, 2.45) is 0 Å². The van der Waals surface area contributed by atoms with Gasteiger partial charge in [-0.05, 0) is 53.5 Å². The van der Waals surface area contributed by atoms with Gasteiger partial charge in [0.15, 0.2) is 11.0 Å². The second-order valence-electron chi connectivity index (χ2n) is 11.4. The Balaban J connectivity index is 0.000000294. The van der Waals surface area contributed by atoms with Crippen LogP contribution in [-0.2, 0) is 4.74 Å². The molecule has 4 aliphatic heterocycles. The highest BCUT2D eigenvalue weighted by Gasteiger charge is 2.41. The molecule has 3 saturated heterocycles. The summed E-state index contributed by atoms with van der Waals surface area (Å²) in [6, 6.07) is 0.345. The maximum atomic E-state index is 14.7. The number of anilines is 1. The Hall–Kier alpha value is -2.73. The van der Waals surface area contributed by atoms with E-state index in [1.54, 1.807) is 4.90 Å². The van der Waals surface area contributed by atoms with Gasteiger partial charge in [-0.3, -0.25) is 4.90 Å². The molecule has 13 heteroatoms. The van der Waals surface area contributed by atoms with Crippen LogP contribution < -0.4 is 14.4 Å². The zero-order chi connectivity index (χ0) is 30.1. The normalized spacial score (nSPS) is 25.1. The lowest BCUT2D eigenvalue weighted by Gasteiger charge is -2.43. The Morgan fingerprint density at radius 1 is 1.12 bits per heavy atom. The molecule has 0 spiro atoms. The van der Waals surface area contributed by atoms with Gasteiger partial charge in [-0.2, -0.15) is 15.0 Å². The van der Waals surface area contributed by atoms with E-state index in [0.717, 1.165) is 13.0 Å². The number of rotatable bonds is 1. The highest BCUT2D eigenvalue weighted by Crippen LogP contribution is 2.41. The molecule has 0 aliphatic carbocycles. The van der Waals surface area contributed by atoms with E-state index in [2.05, 4.69) is 19.9 Å². The monoisotopic (exact) mass is 598 g/mol. The maximum Gasteiger partial charge on any atom is 0.410 e. The third-order valence-corrected chi connectivity index (χ3v) is 7.75. The standard InChI is InChI=1S/C19H23ClFN5O4.C7H12FN.C2H6/c1-9-10-8-25(18(27)30-19(2,3)4)6-7-26(10)15-11-13(22-17(24-15)28-5)12(21)14(20)23-16(11)29-9;8-6-4-7-2-1-3-9(7)5-6;1-2/h9-10H,6-8H2,1-5H3;6-7H,1-5H2;1-2H3. The number of nitrogens with zero attached hydrogens (tertiary/aromatic N) is 6. The van der Waals surface area contributed by atoms with Crippen LogP contribution in [0.15, 0.2) is 0 Å². The number of carbonyl (C=O) groups excluding carboxylic acids is 1. The van der Waals surface area contributed by atoms with Gasteiger partial charge in [0.2, 0.25) is 5.88 Å². The topological polar surface area (TPSA) is 93.2 Å². The second kappa shape index (κ2) is 12.6. The number of hydrogen-bond acceptors (Lipinski definition) is 9. The molecule has 0 N–H and O–H groups in total. The molecule has 2 aromatic rings. The third kappa shape index (κ3) is 6.69. The second-order valence-corrected chi connectivity index (χ2v) is 11.8. The Bertz CT molecular complexity index is 1240. The average Bonchev–Trinajstić information content (AvgIpc) is 3.48. The molecule has 4 unspecified atom stereocenters. The van der Waals surface area contributed by atoms with Crippen LogP contribution in [0.5, 0.6) is 11.9 Å². The molecule has 6 heterocycles. The highest BCUT2D eigenvalue weighted by molar-refractivity contribution is 6.30. The van der Waals surface area contributed by atoms with Gasteiger partial charge in [-0.15, -0.1) is 0 Å². The molecule has 228 valence electrons. The Morgan fingerprint density at radius 3 is 2.51 bits per heavy atom. The zero-order valence-electron chi connectivity index (χ0n) is 24.9. The van der Waals surface area contributed by atoms with E-state index in [1.165, 1.54) is 20.0 Å². The number of alkyl halides is 1. The minimum atomic E-state index is -0.764. The van der Waals surface area contributed by atoms with Crippen LogP contribution in [0.3, 0.4) is 0 Å². The lowest BCUT2D eigenvalue weighted by molar-refractivity contribution is 0.0175. The van der Waals surface area contributed by atoms with Crippen LogP contribution >= 0.6 is 11.6 Å². The van der Waals surface area contributed by atoms with Gasteiger partial charge in [0.25, 0.3) is 0 Å². The smallest absolute Gasteiger partial charge is 0.410 e. The van der Waals surface area contributed by atoms with Crippen molar-refractivity contribution < 1.29 is 27.8 Å². The quantitative estimate of drug-likeness (QED) is 0.408. The molecule has 1 amide bonds. The van der Waals surface area contributed by atoms with Gasteiger partial charge in [0, 0.05) is 32.2 Å². The van der Waals surface area contributed by atoms with E-state index in [0.29, 0.717) is 43.4 Å². The number of halogens is 3. The molecule has 6 rings (SSSR count). The van der Waals surface area contributed by atoms with E-state index in [9.17, 15) is 13.6 Å². The first kappa shape index (κ1) is 31.2. The van der Waals surface area contributed by atoms with Crippen molar-refractivity contribution in [3.63, 3.8) is 0 Å². The first-order valence-electron chi connectivity index (χ1n) is 14.3. The number of ether oxygens (including phenoxy) is 3. The van der Waals surface area contributed by atoms with Gasteiger partial charge in [0.05, 0.1) is 13.2 Å². The molecule has 0 saturated carbocycles. The van der Waals surface area contributed by atoms with E-state index in [-0.39, 0.29) is 28.6 Å².